The summed E-state index contributed by atoms with van der Waals surface area (Å²) >= 11 is 0. The molecular formula is C20H22N2O6. The topological polar surface area (TPSA) is 95.1 Å². The zero-order valence-electron chi connectivity index (χ0n) is 15.7. The van der Waals surface area contributed by atoms with Gasteiger partial charge in [0.15, 0.2) is 23.0 Å². The van der Waals surface area contributed by atoms with E-state index < -0.39 is 0 Å². The molecule has 2 aromatic rings. The fourth-order valence-electron chi connectivity index (χ4n) is 2.71. The predicted octanol–water partition coefficient (Wildman–Crippen LogP) is 2.23. The molecule has 1 aliphatic heterocycles. The molecule has 0 radical (unpaired) electrons. The highest BCUT2D eigenvalue weighted by Crippen LogP contribution is 2.32. The van der Waals surface area contributed by atoms with Crippen LogP contribution in [0.4, 0.5) is 5.69 Å². The summed E-state index contributed by atoms with van der Waals surface area (Å²) < 4.78 is 21.3. The molecule has 148 valence electrons. The number of carbonyl (C=O) groups is 2. The highest BCUT2D eigenvalue weighted by molar-refractivity contribution is 5.96. The average molecular weight is 386 g/mol. The quantitative estimate of drug-likeness (QED) is 0.758. The lowest BCUT2D eigenvalue weighted by Gasteiger charge is -2.19. The number of nitrogens with one attached hydrogen (secondary N) is 2. The van der Waals surface area contributed by atoms with Crippen molar-refractivity contribution in [3.63, 3.8) is 0 Å². The Kier molecular flexibility index (Phi) is 6.21. The Labute approximate surface area is 162 Å². The molecule has 1 heterocycles. The van der Waals surface area contributed by atoms with Crippen LogP contribution in [-0.2, 0) is 4.79 Å². The minimum atomic E-state index is -0.298. The summed E-state index contributed by atoms with van der Waals surface area (Å²) in [4.78, 5) is 24.4. The molecule has 2 amide bonds. The third-order valence-corrected chi connectivity index (χ3v) is 4.11. The van der Waals surface area contributed by atoms with E-state index in [0.717, 1.165) is 0 Å². The number of anilines is 1. The molecule has 2 aromatic carbocycles. The number of methoxy groups -OCH3 is 2. The lowest BCUT2D eigenvalue weighted by atomic mass is 10.2. The van der Waals surface area contributed by atoms with E-state index in [4.69, 9.17) is 18.9 Å². The van der Waals surface area contributed by atoms with Gasteiger partial charge in [0.25, 0.3) is 5.91 Å². The molecule has 0 atom stereocenters. The summed E-state index contributed by atoms with van der Waals surface area (Å²) in [6.07, 6.45) is 0.132. The zero-order valence-corrected chi connectivity index (χ0v) is 15.7. The molecule has 0 saturated heterocycles. The summed E-state index contributed by atoms with van der Waals surface area (Å²) in [6.45, 7) is 1.19. The lowest BCUT2D eigenvalue weighted by molar-refractivity contribution is -0.116. The van der Waals surface area contributed by atoms with Crippen molar-refractivity contribution in [2.75, 3.05) is 39.3 Å². The first kappa shape index (κ1) is 19.3. The number of rotatable bonds is 7. The first-order valence-corrected chi connectivity index (χ1v) is 8.80. The largest absolute Gasteiger partial charge is 0.493 e. The first-order valence-electron chi connectivity index (χ1n) is 8.80. The van der Waals surface area contributed by atoms with Gasteiger partial charge < -0.3 is 29.6 Å². The van der Waals surface area contributed by atoms with Crippen LogP contribution in [0.1, 0.15) is 16.8 Å². The van der Waals surface area contributed by atoms with E-state index in [-0.39, 0.29) is 24.8 Å². The SMILES string of the molecule is COc1ccc(C(=O)NCCC(=O)Nc2ccc3c(c2)OCCO3)cc1OC. The number of ether oxygens (including phenoxy) is 4. The van der Waals surface area contributed by atoms with Crippen molar-refractivity contribution in [1.82, 2.24) is 5.32 Å². The van der Waals surface area contributed by atoms with E-state index in [1.165, 1.54) is 14.2 Å². The molecule has 0 aromatic heterocycles. The Bertz CT molecular complexity index is 868. The number of benzene rings is 2. The lowest BCUT2D eigenvalue weighted by Crippen LogP contribution is -2.27. The first-order chi connectivity index (χ1) is 13.6. The van der Waals surface area contributed by atoms with Crippen molar-refractivity contribution in [2.45, 2.75) is 6.42 Å². The van der Waals surface area contributed by atoms with Gasteiger partial charge in [-0.25, -0.2) is 0 Å². The second-order valence-electron chi connectivity index (χ2n) is 5.98. The minimum absolute atomic E-state index is 0.132. The third kappa shape index (κ3) is 4.64. The van der Waals surface area contributed by atoms with Gasteiger partial charge in [-0.3, -0.25) is 9.59 Å². The van der Waals surface area contributed by atoms with Crippen LogP contribution in [0.5, 0.6) is 23.0 Å². The Morgan fingerprint density at radius 2 is 1.71 bits per heavy atom. The van der Waals surface area contributed by atoms with Crippen LogP contribution >= 0.6 is 0 Å². The molecule has 0 fully saturated rings. The van der Waals surface area contributed by atoms with Crippen LogP contribution in [0.2, 0.25) is 0 Å². The fourth-order valence-corrected chi connectivity index (χ4v) is 2.71. The summed E-state index contributed by atoms with van der Waals surface area (Å²) in [5.74, 6) is 1.75. The molecule has 28 heavy (non-hydrogen) atoms. The third-order valence-electron chi connectivity index (χ3n) is 4.11. The predicted molar refractivity (Wildman–Crippen MR) is 103 cm³/mol. The van der Waals surface area contributed by atoms with Crippen LogP contribution in [0.3, 0.4) is 0 Å². The Morgan fingerprint density at radius 3 is 2.46 bits per heavy atom. The summed E-state index contributed by atoms with van der Waals surface area (Å²) in [6, 6.07) is 10.1. The van der Waals surface area contributed by atoms with Gasteiger partial charge >= 0.3 is 0 Å². The van der Waals surface area contributed by atoms with Crippen molar-refractivity contribution in [3.05, 3.63) is 42.0 Å². The van der Waals surface area contributed by atoms with Crippen LogP contribution in [0.25, 0.3) is 0 Å². The molecular weight excluding hydrogens is 364 g/mol. The monoisotopic (exact) mass is 386 g/mol. The molecule has 0 saturated carbocycles. The average Bonchev–Trinajstić information content (AvgIpc) is 2.73. The highest BCUT2D eigenvalue weighted by Gasteiger charge is 2.14. The van der Waals surface area contributed by atoms with Gasteiger partial charge in [0.1, 0.15) is 13.2 Å². The molecule has 0 bridgehead atoms. The number of carbonyl (C=O) groups excluding carboxylic acids is 2. The van der Waals surface area contributed by atoms with E-state index in [1.54, 1.807) is 36.4 Å². The Hall–Kier alpha value is -3.42. The number of hydrogen-bond acceptors (Lipinski definition) is 6. The second-order valence-corrected chi connectivity index (χ2v) is 5.98. The number of hydrogen-bond donors (Lipinski definition) is 2. The van der Waals surface area contributed by atoms with Gasteiger partial charge in [0.05, 0.1) is 14.2 Å². The molecule has 3 rings (SSSR count). The summed E-state index contributed by atoms with van der Waals surface area (Å²) in [5, 5.41) is 5.49. The smallest absolute Gasteiger partial charge is 0.251 e. The Balaban J connectivity index is 1.49. The molecule has 0 unspecified atom stereocenters. The second kappa shape index (κ2) is 8.98. The summed E-state index contributed by atoms with van der Waals surface area (Å²) in [5.41, 5.74) is 1.03. The van der Waals surface area contributed by atoms with Crippen molar-refractivity contribution >= 4 is 17.5 Å². The number of fused-ring (bicyclic) bond motifs is 1. The van der Waals surface area contributed by atoms with Crippen molar-refractivity contribution < 1.29 is 28.5 Å². The van der Waals surface area contributed by atoms with Gasteiger partial charge in [-0.2, -0.15) is 0 Å². The standard InChI is InChI=1S/C20H22N2O6/c1-25-15-5-3-13(11-17(15)26-2)20(24)21-8-7-19(23)22-14-4-6-16-18(12-14)28-10-9-27-16/h3-6,11-12H,7-10H2,1-2H3,(H,21,24)(H,22,23). The minimum Gasteiger partial charge on any atom is -0.493 e. The van der Waals surface area contributed by atoms with Crippen LogP contribution in [-0.4, -0.2) is 45.8 Å². The van der Waals surface area contributed by atoms with Gasteiger partial charge in [0.2, 0.25) is 5.91 Å². The van der Waals surface area contributed by atoms with Crippen molar-refractivity contribution in [2.24, 2.45) is 0 Å². The van der Waals surface area contributed by atoms with Crippen molar-refractivity contribution in [3.8, 4) is 23.0 Å². The molecule has 8 nitrogen and oxygen atoms in total. The van der Waals surface area contributed by atoms with Gasteiger partial charge in [-0.1, -0.05) is 0 Å². The van der Waals surface area contributed by atoms with E-state index in [1.807, 2.05) is 0 Å². The van der Waals surface area contributed by atoms with Crippen LogP contribution in [0.15, 0.2) is 36.4 Å². The molecule has 2 N–H and O–H groups in total. The van der Waals surface area contributed by atoms with E-state index in [9.17, 15) is 9.59 Å². The maximum Gasteiger partial charge on any atom is 0.251 e. The van der Waals surface area contributed by atoms with Crippen LogP contribution in [0, 0.1) is 0 Å². The van der Waals surface area contributed by atoms with Gasteiger partial charge in [-0.05, 0) is 30.3 Å². The van der Waals surface area contributed by atoms with Gasteiger partial charge in [-0.15, -0.1) is 0 Å². The zero-order chi connectivity index (χ0) is 19.9. The molecule has 1 aliphatic rings. The maximum absolute atomic E-state index is 12.2. The van der Waals surface area contributed by atoms with E-state index in [0.29, 0.717) is 47.5 Å². The highest BCUT2D eigenvalue weighted by atomic mass is 16.6. The van der Waals surface area contributed by atoms with E-state index in [2.05, 4.69) is 10.6 Å². The molecule has 0 spiro atoms. The number of amides is 2. The normalized spacial score (nSPS) is 12.1. The Morgan fingerprint density at radius 1 is 0.964 bits per heavy atom. The molecule has 8 heteroatoms. The fraction of sp³-hybridized carbons (Fsp3) is 0.300. The maximum atomic E-state index is 12.2. The van der Waals surface area contributed by atoms with Crippen molar-refractivity contribution in [1.29, 1.82) is 0 Å². The van der Waals surface area contributed by atoms with E-state index >= 15 is 0 Å². The van der Waals surface area contributed by atoms with Gasteiger partial charge in [0, 0.05) is 30.3 Å². The summed E-state index contributed by atoms with van der Waals surface area (Å²) in [7, 11) is 3.03. The molecule has 0 aliphatic carbocycles. The van der Waals surface area contributed by atoms with Crippen LogP contribution < -0.4 is 29.6 Å².